The summed E-state index contributed by atoms with van der Waals surface area (Å²) in [6.45, 7) is 10.2. The first-order valence-corrected chi connectivity index (χ1v) is 13.9. The minimum atomic E-state index is -2.90. The van der Waals surface area contributed by atoms with E-state index in [9.17, 15) is 0 Å². The molecule has 0 saturated heterocycles. The third-order valence-corrected chi connectivity index (χ3v) is 10.1. The van der Waals surface area contributed by atoms with Crippen LogP contribution in [0.2, 0.25) is 12.6 Å². The van der Waals surface area contributed by atoms with Gasteiger partial charge in [-0.15, -0.1) is 0 Å². The zero-order valence-corrected chi connectivity index (χ0v) is 18.6. The Balaban J connectivity index is 2.28. The van der Waals surface area contributed by atoms with Gasteiger partial charge in [-0.05, 0) is 51.6 Å². The molecule has 0 radical (unpaired) electrons. The van der Waals surface area contributed by atoms with Crippen molar-refractivity contribution in [2.75, 3.05) is 25.6 Å². The predicted molar refractivity (Wildman–Crippen MR) is 107 cm³/mol. The van der Waals surface area contributed by atoms with E-state index in [1.165, 1.54) is 0 Å². The van der Waals surface area contributed by atoms with Crippen LogP contribution < -0.4 is 9.61 Å². The molecular weight excluding hydrogens is 372 g/mol. The molecule has 142 valence electrons. The van der Waals surface area contributed by atoms with E-state index >= 15 is 0 Å². The summed E-state index contributed by atoms with van der Waals surface area (Å²) < 4.78 is 30.3. The molecule has 1 aliphatic heterocycles. The molecular formula is C17H30O5SSi2. The SMILES string of the molecule is CCO[Si](OCC)(OCC)c1ccc2c(c1)CO[Si](C)(CCCS)O2. The van der Waals surface area contributed by atoms with Gasteiger partial charge in [-0.2, -0.15) is 12.6 Å². The number of thiol groups is 1. The van der Waals surface area contributed by atoms with Crippen molar-refractivity contribution in [1.82, 2.24) is 0 Å². The van der Waals surface area contributed by atoms with Gasteiger partial charge in [0.15, 0.2) is 0 Å². The van der Waals surface area contributed by atoms with Crippen LogP contribution in [0, 0.1) is 0 Å². The Morgan fingerprint density at radius 3 is 2.32 bits per heavy atom. The lowest BCUT2D eigenvalue weighted by atomic mass is 10.2. The third kappa shape index (κ3) is 5.09. The maximum Gasteiger partial charge on any atom is 0.537 e. The molecule has 0 N–H and O–H groups in total. The van der Waals surface area contributed by atoms with Crippen LogP contribution in [0.4, 0.5) is 0 Å². The zero-order valence-electron chi connectivity index (χ0n) is 15.7. The molecule has 0 amide bonds. The topological polar surface area (TPSA) is 46.2 Å². The normalized spacial score (nSPS) is 20.2. The van der Waals surface area contributed by atoms with Crippen molar-refractivity contribution in [3.05, 3.63) is 23.8 Å². The minimum absolute atomic E-state index is 0.547. The van der Waals surface area contributed by atoms with Crippen molar-refractivity contribution in [2.45, 2.75) is 46.4 Å². The van der Waals surface area contributed by atoms with E-state index in [2.05, 4.69) is 25.2 Å². The molecule has 1 heterocycles. The Kier molecular flexibility index (Phi) is 8.00. The molecule has 5 nitrogen and oxygen atoms in total. The van der Waals surface area contributed by atoms with Crippen molar-refractivity contribution >= 4 is 35.2 Å². The van der Waals surface area contributed by atoms with Gasteiger partial charge in [0, 0.05) is 36.6 Å². The number of hydrogen-bond acceptors (Lipinski definition) is 6. The molecule has 0 bridgehead atoms. The van der Waals surface area contributed by atoms with Crippen LogP contribution in [0.3, 0.4) is 0 Å². The Hall–Kier alpha value is -0.356. The van der Waals surface area contributed by atoms with Crippen LogP contribution in [0.25, 0.3) is 0 Å². The van der Waals surface area contributed by atoms with Crippen molar-refractivity contribution < 1.29 is 22.1 Å². The standard InChI is InChI=1S/C17H30O5SSi2/c1-5-18-25(19-6-2,20-7-3)16-9-10-17-15(13-16)14-21-24(4,22-17)12-8-11-23/h9-10,13,23H,5-8,11-12,14H2,1-4H3. The average Bonchev–Trinajstić information content (AvgIpc) is 2.60. The van der Waals surface area contributed by atoms with Crippen molar-refractivity contribution in [3.63, 3.8) is 0 Å². The molecule has 2 rings (SSSR count). The summed E-state index contributed by atoms with van der Waals surface area (Å²) in [6, 6.07) is 7.05. The molecule has 1 aromatic rings. The highest BCUT2D eigenvalue weighted by molar-refractivity contribution is 7.80. The fourth-order valence-electron chi connectivity index (χ4n) is 2.94. The Morgan fingerprint density at radius 2 is 1.76 bits per heavy atom. The molecule has 8 heteroatoms. The summed E-state index contributed by atoms with van der Waals surface area (Å²) in [4.78, 5) is 0. The van der Waals surface area contributed by atoms with Gasteiger partial charge in [-0.25, -0.2) is 0 Å². The fraction of sp³-hybridized carbons (Fsp3) is 0.647. The van der Waals surface area contributed by atoms with Gasteiger partial charge in [0.05, 0.1) is 6.61 Å². The zero-order chi connectivity index (χ0) is 18.3. The molecule has 0 aliphatic carbocycles. The molecule has 1 aliphatic rings. The Bertz CT molecular complexity index is 543. The predicted octanol–water partition coefficient (Wildman–Crippen LogP) is 3.24. The summed E-state index contributed by atoms with van der Waals surface area (Å²) >= 11 is 4.29. The maximum atomic E-state index is 6.24. The first-order chi connectivity index (χ1) is 12.0. The summed E-state index contributed by atoms with van der Waals surface area (Å²) in [5.74, 6) is 1.77. The number of rotatable bonds is 10. The first kappa shape index (κ1) is 20.9. The van der Waals surface area contributed by atoms with Gasteiger partial charge in [0.1, 0.15) is 5.75 Å². The van der Waals surface area contributed by atoms with Gasteiger partial charge in [-0.1, -0.05) is 6.07 Å². The molecule has 0 fully saturated rings. The highest BCUT2D eigenvalue weighted by atomic mass is 32.1. The Labute approximate surface area is 159 Å². The van der Waals surface area contributed by atoms with Crippen LogP contribution in [-0.4, -0.2) is 42.9 Å². The van der Waals surface area contributed by atoms with Crippen molar-refractivity contribution in [2.24, 2.45) is 0 Å². The highest BCUT2D eigenvalue weighted by Gasteiger charge is 2.44. The molecule has 0 spiro atoms. The smallest absolute Gasteiger partial charge is 0.520 e. The van der Waals surface area contributed by atoms with Crippen LogP contribution in [0.5, 0.6) is 5.75 Å². The van der Waals surface area contributed by atoms with E-state index in [1.807, 2.05) is 32.9 Å². The summed E-state index contributed by atoms with van der Waals surface area (Å²) in [5.41, 5.74) is 1.03. The second-order valence-electron chi connectivity index (χ2n) is 6.03. The minimum Gasteiger partial charge on any atom is -0.520 e. The van der Waals surface area contributed by atoms with E-state index < -0.39 is 17.4 Å². The summed E-state index contributed by atoms with van der Waals surface area (Å²) in [7, 11) is -5.05. The molecule has 1 atom stereocenters. The fourth-order valence-corrected chi connectivity index (χ4v) is 8.18. The van der Waals surface area contributed by atoms with Gasteiger partial charge in [-0.3, -0.25) is 0 Å². The lowest BCUT2D eigenvalue weighted by Crippen LogP contribution is -2.57. The second kappa shape index (κ2) is 9.54. The summed E-state index contributed by atoms with van der Waals surface area (Å²) in [5, 5.41) is 0.963. The van der Waals surface area contributed by atoms with Crippen molar-refractivity contribution in [3.8, 4) is 5.75 Å². The highest BCUT2D eigenvalue weighted by Crippen LogP contribution is 2.31. The summed E-state index contributed by atoms with van der Waals surface area (Å²) in [6.07, 6.45) is 1.01. The lowest BCUT2D eigenvalue weighted by molar-refractivity contribution is 0.0858. The van der Waals surface area contributed by atoms with Gasteiger partial charge >= 0.3 is 17.4 Å². The van der Waals surface area contributed by atoms with E-state index in [-0.39, 0.29) is 0 Å². The molecule has 0 aromatic heterocycles. The van der Waals surface area contributed by atoms with Crippen LogP contribution in [0.15, 0.2) is 18.2 Å². The molecule has 1 aromatic carbocycles. The average molecular weight is 403 g/mol. The van der Waals surface area contributed by atoms with Gasteiger partial charge in [0.2, 0.25) is 0 Å². The second-order valence-corrected chi connectivity index (χ2v) is 12.3. The number of fused-ring (bicyclic) bond motifs is 1. The first-order valence-electron chi connectivity index (χ1n) is 9.01. The lowest BCUT2D eigenvalue weighted by Gasteiger charge is -2.34. The third-order valence-electron chi connectivity index (χ3n) is 4.06. The number of benzene rings is 1. The monoisotopic (exact) mass is 402 g/mol. The van der Waals surface area contributed by atoms with Crippen LogP contribution >= 0.6 is 12.6 Å². The van der Waals surface area contributed by atoms with Crippen LogP contribution in [-0.2, 0) is 24.3 Å². The van der Waals surface area contributed by atoms with E-state index in [0.29, 0.717) is 26.4 Å². The van der Waals surface area contributed by atoms with E-state index in [4.69, 9.17) is 22.1 Å². The molecule has 1 unspecified atom stereocenters. The van der Waals surface area contributed by atoms with Gasteiger partial charge in [0.25, 0.3) is 0 Å². The van der Waals surface area contributed by atoms with Crippen molar-refractivity contribution in [1.29, 1.82) is 0 Å². The van der Waals surface area contributed by atoms with E-state index in [0.717, 1.165) is 34.7 Å². The quantitative estimate of drug-likeness (QED) is 0.481. The maximum absolute atomic E-state index is 6.24. The largest absolute Gasteiger partial charge is 0.537 e. The Morgan fingerprint density at radius 1 is 1.12 bits per heavy atom. The van der Waals surface area contributed by atoms with Gasteiger partial charge < -0.3 is 22.1 Å². The number of hydrogen-bond donors (Lipinski definition) is 1. The van der Waals surface area contributed by atoms with Crippen LogP contribution in [0.1, 0.15) is 32.8 Å². The molecule has 0 saturated carbocycles. The van der Waals surface area contributed by atoms with E-state index in [1.54, 1.807) is 0 Å². The molecule has 25 heavy (non-hydrogen) atoms.